The molecule has 3 rings (SSSR count). The van der Waals surface area contributed by atoms with Crippen LogP contribution in [-0.2, 0) is 40.4 Å². The third kappa shape index (κ3) is 12.7. The third-order valence-electron chi connectivity index (χ3n) is 4.77. The summed E-state index contributed by atoms with van der Waals surface area (Å²) in [5.74, 6) is -3.47. The van der Waals surface area contributed by atoms with Crippen molar-refractivity contribution in [3.63, 3.8) is 0 Å². The van der Waals surface area contributed by atoms with E-state index in [1.807, 2.05) is 11.3 Å². The molecule has 0 saturated heterocycles. The van der Waals surface area contributed by atoms with E-state index in [0.29, 0.717) is 6.61 Å². The quantitative estimate of drug-likeness (QED) is 0.378. The van der Waals surface area contributed by atoms with E-state index in [2.05, 4.69) is 57.7 Å². The van der Waals surface area contributed by atoms with Gasteiger partial charge in [-0.15, -0.1) is 21.5 Å². The lowest BCUT2D eigenvalue weighted by molar-refractivity contribution is -0.193. The highest BCUT2D eigenvalue weighted by atomic mass is 32.1. The van der Waals surface area contributed by atoms with E-state index < -0.39 is 24.3 Å². The van der Waals surface area contributed by atoms with Gasteiger partial charge < -0.3 is 24.4 Å². The number of aryl methyl sites for hydroxylation is 1. The van der Waals surface area contributed by atoms with Crippen molar-refractivity contribution in [1.29, 1.82) is 0 Å². The van der Waals surface area contributed by atoms with Crippen LogP contribution >= 0.6 is 11.3 Å². The first-order valence-corrected chi connectivity index (χ1v) is 11.8. The van der Waals surface area contributed by atoms with Crippen LogP contribution in [0.3, 0.4) is 0 Å². The summed E-state index contributed by atoms with van der Waals surface area (Å²) < 4.78 is 71.5. The lowest BCUT2D eigenvalue weighted by atomic mass is 10.3. The predicted molar refractivity (Wildman–Crippen MR) is 124 cm³/mol. The normalized spacial score (nSPS) is 14.1. The molecule has 10 nitrogen and oxygen atoms in total. The molecule has 2 aromatic heterocycles. The molecule has 0 radical (unpaired) electrons. The molecule has 0 aliphatic carbocycles. The second kappa shape index (κ2) is 15.0. The topological polar surface area (TPSA) is 121 Å². The van der Waals surface area contributed by atoms with Crippen LogP contribution in [0.25, 0.3) is 0 Å². The second-order valence-corrected chi connectivity index (χ2v) is 9.56. The van der Waals surface area contributed by atoms with Crippen LogP contribution < -0.4 is 0 Å². The molecule has 2 aromatic rings. The van der Waals surface area contributed by atoms with E-state index in [1.165, 1.54) is 9.75 Å². The predicted octanol–water partition coefficient (Wildman–Crippen LogP) is 3.05. The van der Waals surface area contributed by atoms with Gasteiger partial charge in [0.05, 0.1) is 6.61 Å². The average Bonchev–Trinajstić information content (AvgIpc) is 3.31. The van der Waals surface area contributed by atoms with Crippen LogP contribution in [-0.4, -0.2) is 99.4 Å². The average molecular weight is 578 g/mol. The highest BCUT2D eigenvalue weighted by Crippen LogP contribution is 2.19. The van der Waals surface area contributed by atoms with Gasteiger partial charge >= 0.3 is 24.3 Å². The van der Waals surface area contributed by atoms with Gasteiger partial charge in [0.25, 0.3) is 0 Å². The van der Waals surface area contributed by atoms with Gasteiger partial charge in [-0.25, -0.2) is 9.59 Å². The number of hydrogen-bond donors (Lipinski definition) is 2. The number of halogens is 6. The molecular formula is C21H29F6N5O5S. The Kier molecular flexibility index (Phi) is 13.1. The molecule has 17 heteroatoms. The Labute approximate surface area is 218 Å². The van der Waals surface area contributed by atoms with Crippen molar-refractivity contribution in [2.24, 2.45) is 0 Å². The number of aliphatic carboxylic acids is 2. The Balaban J connectivity index is 0.000000426. The zero-order valence-corrected chi connectivity index (χ0v) is 21.7. The molecule has 3 heterocycles. The minimum Gasteiger partial charge on any atom is -0.475 e. The van der Waals surface area contributed by atoms with Gasteiger partial charge in [0.15, 0.2) is 5.82 Å². The maximum absolute atomic E-state index is 10.6. The van der Waals surface area contributed by atoms with Crippen molar-refractivity contribution < 1.29 is 50.9 Å². The molecule has 0 unspecified atom stereocenters. The molecule has 1 aliphatic rings. The van der Waals surface area contributed by atoms with Crippen molar-refractivity contribution in [2.75, 3.05) is 40.3 Å². The molecule has 2 N–H and O–H groups in total. The number of fused-ring (bicyclic) bond motifs is 1. The molecule has 0 atom stereocenters. The summed E-state index contributed by atoms with van der Waals surface area (Å²) in [5, 5.41) is 23.0. The van der Waals surface area contributed by atoms with Crippen LogP contribution in [0.15, 0.2) is 12.1 Å². The second-order valence-electron chi connectivity index (χ2n) is 8.18. The van der Waals surface area contributed by atoms with Crippen LogP contribution in [0.5, 0.6) is 0 Å². The van der Waals surface area contributed by atoms with Crippen molar-refractivity contribution in [2.45, 2.75) is 45.4 Å². The number of nitrogens with zero attached hydrogens (tertiary/aromatic N) is 5. The van der Waals surface area contributed by atoms with E-state index in [0.717, 1.165) is 57.4 Å². The van der Waals surface area contributed by atoms with Crippen molar-refractivity contribution in [3.8, 4) is 0 Å². The number of carboxylic acids is 2. The highest BCUT2D eigenvalue weighted by Gasteiger charge is 2.38. The van der Waals surface area contributed by atoms with Gasteiger partial charge in [0.1, 0.15) is 12.4 Å². The number of carbonyl (C=O) groups is 2. The van der Waals surface area contributed by atoms with Crippen molar-refractivity contribution in [1.82, 2.24) is 24.6 Å². The number of ether oxygens (including phenoxy) is 1. The van der Waals surface area contributed by atoms with Gasteiger partial charge in [0, 0.05) is 48.9 Å². The van der Waals surface area contributed by atoms with Crippen molar-refractivity contribution in [3.05, 3.63) is 33.5 Å². The van der Waals surface area contributed by atoms with E-state index in [9.17, 15) is 26.3 Å². The van der Waals surface area contributed by atoms with E-state index in [4.69, 9.17) is 24.5 Å². The summed E-state index contributed by atoms with van der Waals surface area (Å²) in [6, 6.07) is 4.45. The number of thiophene rings is 1. The summed E-state index contributed by atoms with van der Waals surface area (Å²) in [5.41, 5.74) is 0. The minimum atomic E-state index is -5.08. The largest absolute Gasteiger partial charge is 0.490 e. The minimum absolute atomic E-state index is 0.547. The molecule has 0 saturated carbocycles. The molecule has 0 bridgehead atoms. The fourth-order valence-corrected chi connectivity index (χ4v) is 3.83. The number of rotatable bonds is 7. The Hall–Kier alpha value is -2.76. The summed E-state index contributed by atoms with van der Waals surface area (Å²) in [7, 11) is 4.10. The molecule has 0 amide bonds. The van der Waals surface area contributed by atoms with Crippen LogP contribution in [0.1, 0.15) is 21.4 Å². The number of carboxylic acid groups (broad SMARTS) is 2. The zero-order chi connectivity index (χ0) is 29.1. The summed E-state index contributed by atoms with van der Waals surface area (Å²) in [6.07, 6.45) is -9.21. The number of hydrogen-bond acceptors (Lipinski definition) is 8. The lowest BCUT2D eigenvalue weighted by Crippen LogP contribution is -2.26. The maximum atomic E-state index is 10.6. The monoisotopic (exact) mass is 577 g/mol. The molecule has 38 heavy (non-hydrogen) atoms. The maximum Gasteiger partial charge on any atom is 0.490 e. The van der Waals surface area contributed by atoms with Gasteiger partial charge in [-0.3, -0.25) is 4.90 Å². The Morgan fingerprint density at radius 1 is 1.03 bits per heavy atom. The standard InChI is InChI=1S/C17H27N5OS.2C2HF3O2/c1-14-4-5-15(24-14)12-21-7-6-16-18-19-17(22(16)9-8-21)13-23-11-10-20(2)3;2*3-2(4,5)1(6)7/h4-5H,6-13H2,1-3H3;2*(H,6,7). The van der Waals surface area contributed by atoms with E-state index >= 15 is 0 Å². The third-order valence-corrected chi connectivity index (χ3v) is 5.76. The van der Waals surface area contributed by atoms with E-state index in [1.54, 1.807) is 0 Å². The Morgan fingerprint density at radius 3 is 2.08 bits per heavy atom. The van der Waals surface area contributed by atoms with Gasteiger partial charge in [-0.05, 0) is 33.2 Å². The summed E-state index contributed by atoms with van der Waals surface area (Å²) >= 11 is 1.89. The molecule has 0 fully saturated rings. The first kappa shape index (κ1) is 33.3. The molecule has 0 spiro atoms. The van der Waals surface area contributed by atoms with E-state index in [-0.39, 0.29) is 0 Å². The number of alkyl halides is 6. The smallest absolute Gasteiger partial charge is 0.475 e. The van der Waals surface area contributed by atoms with Crippen LogP contribution in [0.2, 0.25) is 0 Å². The van der Waals surface area contributed by atoms with Gasteiger partial charge in [-0.2, -0.15) is 26.3 Å². The fourth-order valence-electron chi connectivity index (χ4n) is 2.89. The lowest BCUT2D eigenvalue weighted by Gasteiger charge is -2.18. The highest BCUT2D eigenvalue weighted by molar-refractivity contribution is 7.11. The Bertz CT molecular complexity index is 1000. The van der Waals surface area contributed by atoms with Gasteiger partial charge in [-0.1, -0.05) is 0 Å². The summed E-state index contributed by atoms with van der Waals surface area (Å²) in [4.78, 5) is 25.2. The number of likely N-dealkylation sites (N-methyl/N-ethyl adjacent to an activating group) is 1. The SMILES string of the molecule is Cc1ccc(CN2CCc3nnc(COCCN(C)C)n3CC2)s1.O=C(O)C(F)(F)F.O=C(O)C(F)(F)F. The number of aromatic nitrogens is 3. The first-order chi connectivity index (χ1) is 17.5. The molecular weight excluding hydrogens is 548 g/mol. The molecule has 1 aliphatic heterocycles. The van der Waals surface area contributed by atoms with Crippen LogP contribution in [0, 0.1) is 6.92 Å². The molecule has 216 valence electrons. The van der Waals surface area contributed by atoms with Crippen LogP contribution in [0.4, 0.5) is 26.3 Å². The first-order valence-electron chi connectivity index (χ1n) is 11.0. The summed E-state index contributed by atoms with van der Waals surface area (Å²) in [6.45, 7) is 8.41. The zero-order valence-electron chi connectivity index (χ0n) is 20.8. The Morgan fingerprint density at radius 2 is 1.61 bits per heavy atom. The van der Waals surface area contributed by atoms with Gasteiger partial charge in [0.2, 0.25) is 0 Å². The van der Waals surface area contributed by atoms with Crippen molar-refractivity contribution >= 4 is 23.3 Å². The molecule has 0 aromatic carbocycles. The fraction of sp³-hybridized carbons (Fsp3) is 0.619.